The van der Waals surface area contributed by atoms with Crippen molar-refractivity contribution in [3.8, 4) is 0 Å². The van der Waals surface area contributed by atoms with Gasteiger partial charge in [0.2, 0.25) is 0 Å². The van der Waals surface area contributed by atoms with Crippen molar-refractivity contribution < 1.29 is 13.9 Å². The first kappa shape index (κ1) is 11.8. The van der Waals surface area contributed by atoms with Crippen LogP contribution >= 0.6 is 0 Å². The summed E-state index contributed by atoms with van der Waals surface area (Å²) in [4.78, 5) is 17.2. The molecule has 1 aromatic heterocycles. The number of carbonyl (C=O) groups excluding carboxylic acids is 1. The zero-order chi connectivity index (χ0) is 12.3. The third-order valence-corrected chi connectivity index (χ3v) is 2.74. The molecule has 1 saturated heterocycles. The molecule has 0 aromatic carbocycles. The second-order valence-electron chi connectivity index (χ2n) is 3.92. The summed E-state index contributed by atoms with van der Waals surface area (Å²) in [5.74, 6) is -0.0947. The second kappa shape index (κ2) is 5.09. The molecule has 1 aliphatic heterocycles. The molecule has 2 heterocycles. The van der Waals surface area contributed by atoms with Crippen LogP contribution in [0.25, 0.3) is 0 Å². The molecule has 92 valence electrons. The number of nitrogens with one attached hydrogen (secondary N) is 1. The molecule has 0 bridgehead atoms. The molecule has 5 nitrogen and oxygen atoms in total. The fourth-order valence-corrected chi connectivity index (χ4v) is 1.64. The minimum atomic E-state index is -0.430. The van der Waals surface area contributed by atoms with E-state index < -0.39 is 5.82 Å². The molecule has 1 N–H and O–H groups in total. The quantitative estimate of drug-likeness (QED) is 0.850. The van der Waals surface area contributed by atoms with Crippen LogP contribution in [0.5, 0.6) is 0 Å². The Bertz CT molecular complexity index is 390. The van der Waals surface area contributed by atoms with Gasteiger partial charge in [-0.3, -0.25) is 5.32 Å². The molecule has 0 spiro atoms. The number of urea groups is 1. The van der Waals surface area contributed by atoms with E-state index in [1.54, 1.807) is 11.9 Å². The van der Waals surface area contributed by atoms with E-state index in [4.69, 9.17) is 4.74 Å². The summed E-state index contributed by atoms with van der Waals surface area (Å²) in [5.41, 5.74) is 0. The van der Waals surface area contributed by atoms with E-state index in [9.17, 15) is 9.18 Å². The molecule has 2 rings (SSSR count). The van der Waals surface area contributed by atoms with Crippen molar-refractivity contribution >= 4 is 11.8 Å². The molecule has 0 radical (unpaired) electrons. The van der Waals surface area contributed by atoms with Crippen LogP contribution in [0.4, 0.5) is 15.0 Å². The number of carbonyl (C=O) groups is 1. The van der Waals surface area contributed by atoms with Crippen molar-refractivity contribution in [3.05, 3.63) is 24.1 Å². The average molecular weight is 239 g/mol. The van der Waals surface area contributed by atoms with E-state index in [0.29, 0.717) is 19.0 Å². The third kappa shape index (κ3) is 2.91. The number of likely N-dealkylation sites (N-methyl/N-ethyl adjacent to an activating group) is 1. The number of amides is 2. The largest absolute Gasteiger partial charge is 0.379 e. The van der Waals surface area contributed by atoms with E-state index in [-0.39, 0.29) is 12.1 Å². The maximum absolute atomic E-state index is 12.6. The Morgan fingerprint density at radius 3 is 3.06 bits per heavy atom. The maximum atomic E-state index is 12.6. The summed E-state index contributed by atoms with van der Waals surface area (Å²) in [6, 6.07) is 2.50. The number of hydrogen-bond donors (Lipinski definition) is 1. The Morgan fingerprint density at radius 2 is 2.47 bits per heavy atom. The molecule has 0 unspecified atom stereocenters. The molecule has 6 heteroatoms. The maximum Gasteiger partial charge on any atom is 0.323 e. The average Bonchev–Trinajstić information content (AvgIpc) is 2.84. The van der Waals surface area contributed by atoms with Gasteiger partial charge in [0.05, 0.1) is 18.8 Å². The number of halogens is 1. The van der Waals surface area contributed by atoms with Gasteiger partial charge in [-0.25, -0.2) is 14.2 Å². The molecular weight excluding hydrogens is 225 g/mol. The van der Waals surface area contributed by atoms with Crippen molar-refractivity contribution in [3.63, 3.8) is 0 Å². The SMILES string of the molecule is CN(C(=O)Nc1ccc(F)cn1)[C@@H]1CCOC1. The highest BCUT2D eigenvalue weighted by atomic mass is 19.1. The minimum Gasteiger partial charge on any atom is -0.379 e. The molecule has 0 saturated carbocycles. The summed E-state index contributed by atoms with van der Waals surface area (Å²) in [6.45, 7) is 1.23. The van der Waals surface area contributed by atoms with Crippen molar-refractivity contribution in [2.75, 3.05) is 25.6 Å². The predicted molar refractivity (Wildman–Crippen MR) is 60.2 cm³/mol. The van der Waals surface area contributed by atoms with Gasteiger partial charge in [-0.15, -0.1) is 0 Å². The number of aromatic nitrogens is 1. The Hall–Kier alpha value is -1.69. The first-order valence-electron chi connectivity index (χ1n) is 5.40. The van der Waals surface area contributed by atoms with Crippen LogP contribution in [0, 0.1) is 5.82 Å². The van der Waals surface area contributed by atoms with Gasteiger partial charge in [-0.2, -0.15) is 0 Å². The van der Waals surface area contributed by atoms with E-state index in [1.165, 1.54) is 12.1 Å². The lowest BCUT2D eigenvalue weighted by molar-refractivity contribution is 0.163. The Balaban J connectivity index is 1.93. The lowest BCUT2D eigenvalue weighted by Gasteiger charge is -2.23. The number of hydrogen-bond acceptors (Lipinski definition) is 3. The highest BCUT2D eigenvalue weighted by Crippen LogP contribution is 2.12. The predicted octanol–water partition coefficient (Wildman–Crippen LogP) is 1.47. The Labute approximate surface area is 98.6 Å². The molecule has 0 aliphatic carbocycles. The highest BCUT2D eigenvalue weighted by Gasteiger charge is 2.24. The number of pyridine rings is 1. The topological polar surface area (TPSA) is 54.5 Å². The van der Waals surface area contributed by atoms with Crippen LogP contribution in [0.15, 0.2) is 18.3 Å². The van der Waals surface area contributed by atoms with E-state index >= 15 is 0 Å². The van der Waals surface area contributed by atoms with Gasteiger partial charge in [0.15, 0.2) is 0 Å². The first-order chi connectivity index (χ1) is 8.16. The van der Waals surface area contributed by atoms with Crippen LogP contribution in [-0.4, -0.2) is 42.2 Å². The normalized spacial score (nSPS) is 19.1. The van der Waals surface area contributed by atoms with Gasteiger partial charge in [0.1, 0.15) is 11.6 Å². The number of nitrogens with zero attached hydrogens (tertiary/aromatic N) is 2. The van der Waals surface area contributed by atoms with Gasteiger partial charge < -0.3 is 9.64 Å². The Kier molecular flexibility index (Phi) is 3.53. The van der Waals surface area contributed by atoms with Gasteiger partial charge in [-0.1, -0.05) is 0 Å². The van der Waals surface area contributed by atoms with Crippen LogP contribution in [-0.2, 0) is 4.74 Å². The van der Waals surface area contributed by atoms with E-state index in [2.05, 4.69) is 10.3 Å². The summed E-state index contributed by atoms with van der Waals surface area (Å²) < 4.78 is 17.8. The summed E-state index contributed by atoms with van der Waals surface area (Å²) in [7, 11) is 1.71. The number of anilines is 1. The monoisotopic (exact) mass is 239 g/mol. The standard InChI is InChI=1S/C11H14FN3O2/c1-15(9-4-5-17-7-9)11(16)14-10-3-2-8(12)6-13-10/h2-3,6,9H,4-5,7H2,1H3,(H,13,14,16)/t9-/m1/s1. The minimum absolute atomic E-state index is 0.0930. The molecule has 1 fully saturated rings. The van der Waals surface area contributed by atoms with Crippen molar-refractivity contribution in [1.29, 1.82) is 0 Å². The lowest BCUT2D eigenvalue weighted by Crippen LogP contribution is -2.40. The molecule has 1 atom stereocenters. The first-order valence-corrected chi connectivity index (χ1v) is 5.40. The molecule has 2 amide bonds. The lowest BCUT2D eigenvalue weighted by atomic mass is 10.2. The smallest absolute Gasteiger partial charge is 0.323 e. The zero-order valence-electron chi connectivity index (χ0n) is 9.52. The Morgan fingerprint density at radius 1 is 1.65 bits per heavy atom. The van der Waals surface area contributed by atoms with Crippen LogP contribution in [0.2, 0.25) is 0 Å². The van der Waals surface area contributed by atoms with Gasteiger partial charge in [0.25, 0.3) is 0 Å². The molecule has 1 aromatic rings. The van der Waals surface area contributed by atoms with Gasteiger partial charge in [0, 0.05) is 13.7 Å². The van der Waals surface area contributed by atoms with Crippen molar-refractivity contribution in [2.45, 2.75) is 12.5 Å². The summed E-state index contributed by atoms with van der Waals surface area (Å²) >= 11 is 0. The third-order valence-electron chi connectivity index (χ3n) is 2.74. The van der Waals surface area contributed by atoms with Crippen LogP contribution in [0.3, 0.4) is 0 Å². The van der Waals surface area contributed by atoms with E-state index in [0.717, 1.165) is 12.6 Å². The fourth-order valence-electron chi connectivity index (χ4n) is 1.64. The summed E-state index contributed by atoms with van der Waals surface area (Å²) in [6.07, 6.45) is 1.90. The highest BCUT2D eigenvalue weighted by molar-refractivity contribution is 5.88. The number of ether oxygens (including phenoxy) is 1. The second-order valence-corrected chi connectivity index (χ2v) is 3.92. The molecular formula is C11H14FN3O2. The summed E-state index contributed by atoms with van der Waals surface area (Å²) in [5, 5.41) is 2.60. The number of rotatable bonds is 2. The van der Waals surface area contributed by atoms with Gasteiger partial charge in [-0.05, 0) is 18.6 Å². The van der Waals surface area contributed by atoms with Crippen LogP contribution < -0.4 is 5.32 Å². The zero-order valence-corrected chi connectivity index (χ0v) is 9.52. The molecule has 17 heavy (non-hydrogen) atoms. The van der Waals surface area contributed by atoms with Crippen LogP contribution in [0.1, 0.15) is 6.42 Å². The fraction of sp³-hybridized carbons (Fsp3) is 0.455. The molecule has 1 aliphatic rings. The van der Waals surface area contributed by atoms with Crippen molar-refractivity contribution in [2.24, 2.45) is 0 Å². The van der Waals surface area contributed by atoms with E-state index in [1.807, 2.05) is 0 Å². The van der Waals surface area contributed by atoms with Crippen molar-refractivity contribution in [1.82, 2.24) is 9.88 Å². The van der Waals surface area contributed by atoms with Gasteiger partial charge >= 0.3 is 6.03 Å².